The number of aromatic nitrogens is 1. The highest BCUT2D eigenvalue weighted by molar-refractivity contribution is 7.89. The molecular weight excluding hydrogens is 288 g/mol. The molecule has 0 amide bonds. The molecular formula is C11H15ClN4O2S. The monoisotopic (exact) mass is 302 g/mol. The molecule has 1 saturated heterocycles. The molecule has 6 nitrogen and oxygen atoms in total. The van der Waals surface area contributed by atoms with Gasteiger partial charge in [-0.25, -0.2) is 18.1 Å². The highest BCUT2D eigenvalue weighted by atomic mass is 35.5. The van der Waals surface area contributed by atoms with Gasteiger partial charge in [0.05, 0.1) is 5.56 Å². The van der Waals surface area contributed by atoms with Gasteiger partial charge in [0.25, 0.3) is 10.0 Å². The number of nitrogens with one attached hydrogen (secondary N) is 2. The van der Waals surface area contributed by atoms with Crippen LogP contribution in [0.3, 0.4) is 0 Å². The molecule has 0 saturated carbocycles. The maximum absolute atomic E-state index is 12.0. The van der Waals surface area contributed by atoms with Gasteiger partial charge in [-0.05, 0) is 31.5 Å². The predicted octanol–water partition coefficient (Wildman–Crippen LogP) is 0.405. The zero-order chi connectivity index (χ0) is 13.0. The summed E-state index contributed by atoms with van der Waals surface area (Å²) in [6.45, 7) is 1.24. The van der Waals surface area contributed by atoms with E-state index in [1.165, 1.54) is 18.3 Å². The van der Waals surface area contributed by atoms with Crippen LogP contribution >= 0.6 is 12.4 Å². The second kappa shape index (κ2) is 6.82. The highest BCUT2D eigenvalue weighted by Crippen LogP contribution is 2.11. The van der Waals surface area contributed by atoms with Crippen LogP contribution in [0, 0.1) is 11.3 Å². The summed E-state index contributed by atoms with van der Waals surface area (Å²) in [5, 5.41) is 11.9. The molecule has 1 atom stereocenters. The summed E-state index contributed by atoms with van der Waals surface area (Å²) in [5.74, 6) is 0. The third-order valence-corrected chi connectivity index (χ3v) is 4.21. The van der Waals surface area contributed by atoms with Gasteiger partial charge >= 0.3 is 0 Å². The van der Waals surface area contributed by atoms with Crippen molar-refractivity contribution in [3.63, 3.8) is 0 Å². The summed E-state index contributed by atoms with van der Waals surface area (Å²) in [6.07, 6.45) is 3.37. The van der Waals surface area contributed by atoms with Gasteiger partial charge in [0, 0.05) is 18.8 Å². The van der Waals surface area contributed by atoms with Gasteiger partial charge in [0.15, 0.2) is 5.03 Å². The number of sulfonamides is 1. The molecule has 2 heterocycles. The number of rotatable bonds is 4. The highest BCUT2D eigenvalue weighted by Gasteiger charge is 2.22. The minimum absolute atomic E-state index is 0. The van der Waals surface area contributed by atoms with E-state index in [0.29, 0.717) is 6.54 Å². The average molecular weight is 303 g/mol. The second-order valence-electron chi connectivity index (χ2n) is 4.11. The first-order valence-electron chi connectivity index (χ1n) is 5.71. The maximum Gasteiger partial charge on any atom is 0.259 e. The smallest absolute Gasteiger partial charge is 0.259 e. The summed E-state index contributed by atoms with van der Waals surface area (Å²) in [6, 6.07) is 4.97. The molecule has 8 heteroatoms. The van der Waals surface area contributed by atoms with Crippen molar-refractivity contribution in [1.82, 2.24) is 15.0 Å². The van der Waals surface area contributed by atoms with E-state index < -0.39 is 10.0 Å². The van der Waals surface area contributed by atoms with E-state index in [0.717, 1.165) is 19.4 Å². The molecule has 0 aliphatic carbocycles. The Labute approximate surface area is 118 Å². The van der Waals surface area contributed by atoms with Crippen LogP contribution in [0.1, 0.15) is 18.4 Å². The molecule has 0 aromatic carbocycles. The van der Waals surface area contributed by atoms with E-state index in [2.05, 4.69) is 15.0 Å². The van der Waals surface area contributed by atoms with Gasteiger partial charge in [-0.1, -0.05) is 0 Å². The molecule has 1 unspecified atom stereocenters. The van der Waals surface area contributed by atoms with Crippen molar-refractivity contribution in [1.29, 1.82) is 5.26 Å². The van der Waals surface area contributed by atoms with Gasteiger partial charge in [-0.15, -0.1) is 12.4 Å². The van der Waals surface area contributed by atoms with Crippen LogP contribution in [0.15, 0.2) is 23.4 Å². The Balaban J connectivity index is 0.00000180. The average Bonchev–Trinajstić information content (AvgIpc) is 2.89. The number of hydrogen-bond acceptors (Lipinski definition) is 5. The minimum atomic E-state index is -3.71. The first kappa shape index (κ1) is 15.9. The van der Waals surface area contributed by atoms with E-state index >= 15 is 0 Å². The molecule has 2 N–H and O–H groups in total. The predicted molar refractivity (Wildman–Crippen MR) is 72.4 cm³/mol. The Bertz CT molecular complexity index is 564. The fourth-order valence-electron chi connectivity index (χ4n) is 1.90. The van der Waals surface area contributed by atoms with Crippen LogP contribution in [0.4, 0.5) is 0 Å². The van der Waals surface area contributed by atoms with Crippen molar-refractivity contribution in [3.8, 4) is 6.07 Å². The number of nitrogens with zero attached hydrogens (tertiary/aromatic N) is 2. The van der Waals surface area contributed by atoms with Crippen molar-refractivity contribution in [3.05, 3.63) is 23.9 Å². The van der Waals surface area contributed by atoms with Crippen LogP contribution in [0.25, 0.3) is 0 Å². The van der Waals surface area contributed by atoms with Crippen molar-refractivity contribution < 1.29 is 8.42 Å². The lowest BCUT2D eigenvalue weighted by Crippen LogP contribution is -2.37. The summed E-state index contributed by atoms with van der Waals surface area (Å²) >= 11 is 0. The molecule has 1 fully saturated rings. The molecule has 1 aromatic heterocycles. The molecule has 19 heavy (non-hydrogen) atoms. The lowest BCUT2D eigenvalue weighted by molar-refractivity contribution is 0.549. The lowest BCUT2D eigenvalue weighted by Gasteiger charge is -2.11. The molecule has 1 aromatic rings. The number of pyridine rings is 1. The van der Waals surface area contributed by atoms with Crippen LogP contribution in [-0.2, 0) is 10.0 Å². The quantitative estimate of drug-likeness (QED) is 0.840. The van der Waals surface area contributed by atoms with Gasteiger partial charge in [-0.3, -0.25) is 0 Å². The molecule has 0 spiro atoms. The van der Waals surface area contributed by atoms with Gasteiger partial charge in [0.1, 0.15) is 6.07 Å². The Morgan fingerprint density at radius 1 is 1.58 bits per heavy atom. The Morgan fingerprint density at radius 2 is 2.37 bits per heavy atom. The first-order valence-corrected chi connectivity index (χ1v) is 7.20. The van der Waals surface area contributed by atoms with E-state index in [-0.39, 0.29) is 29.0 Å². The van der Waals surface area contributed by atoms with E-state index in [1.807, 2.05) is 6.07 Å². The van der Waals surface area contributed by atoms with Crippen LogP contribution in [-0.4, -0.2) is 32.5 Å². The van der Waals surface area contributed by atoms with E-state index in [9.17, 15) is 8.42 Å². The molecule has 104 valence electrons. The van der Waals surface area contributed by atoms with E-state index in [4.69, 9.17) is 5.26 Å². The minimum Gasteiger partial charge on any atom is -0.313 e. The van der Waals surface area contributed by atoms with Crippen LogP contribution in [0.5, 0.6) is 0 Å². The second-order valence-corrected chi connectivity index (χ2v) is 5.80. The van der Waals surface area contributed by atoms with Crippen molar-refractivity contribution in [2.45, 2.75) is 23.9 Å². The Morgan fingerprint density at radius 3 is 3.00 bits per heavy atom. The van der Waals surface area contributed by atoms with Crippen molar-refractivity contribution in [2.75, 3.05) is 13.1 Å². The zero-order valence-electron chi connectivity index (χ0n) is 10.2. The van der Waals surface area contributed by atoms with Crippen molar-refractivity contribution >= 4 is 22.4 Å². The number of nitriles is 1. The third-order valence-electron chi connectivity index (χ3n) is 2.83. The number of hydrogen-bond donors (Lipinski definition) is 2. The lowest BCUT2D eigenvalue weighted by atomic mass is 10.2. The summed E-state index contributed by atoms with van der Waals surface area (Å²) < 4.78 is 26.5. The SMILES string of the molecule is Cl.N#Cc1cccnc1S(=O)(=O)NCC1CCCN1. The molecule has 2 rings (SSSR count). The first-order chi connectivity index (χ1) is 8.63. The normalized spacial score (nSPS) is 18.6. The van der Waals surface area contributed by atoms with Gasteiger partial charge < -0.3 is 5.32 Å². The third kappa shape index (κ3) is 3.88. The van der Waals surface area contributed by atoms with Crippen LogP contribution in [0.2, 0.25) is 0 Å². The largest absolute Gasteiger partial charge is 0.313 e. The maximum atomic E-state index is 12.0. The Kier molecular flexibility index (Phi) is 5.69. The number of halogens is 1. The van der Waals surface area contributed by atoms with Crippen molar-refractivity contribution in [2.24, 2.45) is 0 Å². The van der Waals surface area contributed by atoms with E-state index in [1.54, 1.807) is 0 Å². The zero-order valence-corrected chi connectivity index (χ0v) is 11.8. The molecule has 0 bridgehead atoms. The molecule has 0 radical (unpaired) electrons. The standard InChI is InChI=1S/C11H14N4O2S.ClH/c12-7-9-3-1-6-14-11(9)18(16,17)15-8-10-4-2-5-13-10;/h1,3,6,10,13,15H,2,4-5,8H2;1H. The molecule has 1 aliphatic rings. The fraction of sp³-hybridized carbons (Fsp3) is 0.455. The summed E-state index contributed by atoms with van der Waals surface area (Å²) in [7, 11) is -3.71. The Hall–Kier alpha value is -1.20. The topological polar surface area (TPSA) is 94.9 Å². The summed E-state index contributed by atoms with van der Waals surface area (Å²) in [4.78, 5) is 3.77. The molecule has 1 aliphatic heterocycles. The fourth-order valence-corrected chi connectivity index (χ4v) is 3.06. The van der Waals surface area contributed by atoms with Crippen LogP contribution < -0.4 is 10.0 Å². The van der Waals surface area contributed by atoms with Gasteiger partial charge in [0.2, 0.25) is 0 Å². The summed E-state index contributed by atoms with van der Waals surface area (Å²) in [5.41, 5.74) is 0.0596. The van der Waals surface area contributed by atoms with Gasteiger partial charge in [-0.2, -0.15) is 5.26 Å².